The average Bonchev–Trinajstić information content (AvgIpc) is 2.44. The van der Waals surface area contributed by atoms with Crippen LogP contribution in [0, 0.1) is 11.2 Å². The van der Waals surface area contributed by atoms with E-state index in [0.717, 1.165) is 25.7 Å². The summed E-state index contributed by atoms with van der Waals surface area (Å²) in [6.07, 6.45) is 6.00. The summed E-state index contributed by atoms with van der Waals surface area (Å²) >= 11 is 3.11. The minimum atomic E-state index is -0.339. The second-order valence-corrected chi connectivity index (χ2v) is 6.47. The Morgan fingerprint density at radius 1 is 1.35 bits per heavy atom. The summed E-state index contributed by atoms with van der Waals surface area (Å²) in [7, 11) is 0. The first kappa shape index (κ1) is 15.4. The zero-order chi connectivity index (χ0) is 14.6. The van der Waals surface area contributed by atoms with Gasteiger partial charge in [-0.15, -0.1) is 0 Å². The summed E-state index contributed by atoms with van der Waals surface area (Å²) in [5.74, 6) is -0.385. The van der Waals surface area contributed by atoms with E-state index in [4.69, 9.17) is 5.73 Å². The number of anilines is 1. The van der Waals surface area contributed by atoms with Crippen molar-refractivity contribution in [3.63, 3.8) is 0 Å². The summed E-state index contributed by atoms with van der Waals surface area (Å²) in [5.41, 5.74) is 6.43. The third kappa shape index (κ3) is 3.79. The number of nitrogens with two attached hydrogens (primary N) is 1. The van der Waals surface area contributed by atoms with Gasteiger partial charge in [-0.2, -0.15) is 0 Å². The molecule has 3 N–H and O–H groups in total. The largest absolute Gasteiger partial charge is 0.330 e. The van der Waals surface area contributed by atoms with Crippen LogP contribution in [-0.2, 0) is 4.79 Å². The molecule has 1 amide bonds. The molecule has 0 radical (unpaired) electrons. The van der Waals surface area contributed by atoms with Crippen molar-refractivity contribution in [1.29, 1.82) is 0 Å². The lowest BCUT2D eigenvalue weighted by atomic mass is 9.71. The fourth-order valence-electron chi connectivity index (χ4n) is 2.87. The molecule has 5 heteroatoms. The number of hydrogen-bond donors (Lipinski definition) is 2. The van der Waals surface area contributed by atoms with Gasteiger partial charge in [0, 0.05) is 12.1 Å². The van der Waals surface area contributed by atoms with E-state index in [0.29, 0.717) is 23.1 Å². The van der Waals surface area contributed by atoms with E-state index >= 15 is 0 Å². The Bertz CT molecular complexity index is 487. The lowest BCUT2D eigenvalue weighted by Crippen LogP contribution is -2.36. The lowest BCUT2D eigenvalue weighted by Gasteiger charge is -2.35. The molecule has 2 rings (SSSR count). The fraction of sp³-hybridized carbons (Fsp3) is 0.533. The fourth-order valence-corrected chi connectivity index (χ4v) is 3.25. The van der Waals surface area contributed by atoms with Gasteiger partial charge in [-0.25, -0.2) is 4.39 Å². The van der Waals surface area contributed by atoms with Crippen LogP contribution in [0.3, 0.4) is 0 Å². The molecule has 0 aromatic heterocycles. The van der Waals surface area contributed by atoms with Gasteiger partial charge in [0.05, 0.1) is 4.47 Å². The molecule has 110 valence electrons. The molecular weight excluding hydrogens is 323 g/mol. The minimum absolute atomic E-state index is 0.0455. The first-order valence-corrected chi connectivity index (χ1v) is 7.79. The van der Waals surface area contributed by atoms with Crippen LogP contribution in [0.5, 0.6) is 0 Å². The predicted octanol–water partition coefficient (Wildman–Crippen LogP) is 3.83. The van der Waals surface area contributed by atoms with Gasteiger partial charge >= 0.3 is 0 Å². The molecule has 0 spiro atoms. The van der Waals surface area contributed by atoms with Gasteiger partial charge in [0.25, 0.3) is 0 Å². The first-order chi connectivity index (χ1) is 9.54. The maximum Gasteiger partial charge on any atom is 0.224 e. The van der Waals surface area contributed by atoms with Crippen LogP contribution in [0.4, 0.5) is 10.1 Å². The van der Waals surface area contributed by atoms with Gasteiger partial charge in [0.1, 0.15) is 5.82 Å². The van der Waals surface area contributed by atoms with Crippen molar-refractivity contribution in [1.82, 2.24) is 0 Å². The van der Waals surface area contributed by atoms with Crippen molar-refractivity contribution < 1.29 is 9.18 Å². The monoisotopic (exact) mass is 342 g/mol. The highest BCUT2D eigenvalue weighted by molar-refractivity contribution is 9.10. The Hall–Kier alpha value is -0.940. The van der Waals surface area contributed by atoms with Crippen LogP contribution in [0.2, 0.25) is 0 Å². The smallest absolute Gasteiger partial charge is 0.224 e. The lowest BCUT2D eigenvalue weighted by molar-refractivity contribution is -0.118. The average molecular weight is 343 g/mol. The van der Waals surface area contributed by atoms with Crippen molar-refractivity contribution in [3.05, 3.63) is 28.5 Å². The van der Waals surface area contributed by atoms with Crippen LogP contribution < -0.4 is 11.1 Å². The second kappa shape index (κ2) is 6.68. The van der Waals surface area contributed by atoms with Crippen LogP contribution in [0.1, 0.15) is 38.5 Å². The molecule has 0 unspecified atom stereocenters. The van der Waals surface area contributed by atoms with E-state index in [9.17, 15) is 9.18 Å². The number of benzene rings is 1. The van der Waals surface area contributed by atoms with Crippen molar-refractivity contribution in [3.8, 4) is 0 Å². The molecule has 1 aliphatic rings. The number of rotatable bonds is 4. The molecule has 1 aromatic rings. The second-order valence-electron chi connectivity index (χ2n) is 5.62. The highest BCUT2D eigenvalue weighted by Crippen LogP contribution is 2.38. The normalized spacial score (nSPS) is 17.8. The Morgan fingerprint density at radius 2 is 2.05 bits per heavy atom. The SMILES string of the molecule is NCC1(CC(=O)Nc2ccc(F)c(Br)c2)CCCCC1. The maximum atomic E-state index is 13.1. The zero-order valence-corrected chi connectivity index (χ0v) is 13.0. The molecule has 0 bridgehead atoms. The highest BCUT2D eigenvalue weighted by Gasteiger charge is 2.32. The van der Waals surface area contributed by atoms with Crippen LogP contribution >= 0.6 is 15.9 Å². The maximum absolute atomic E-state index is 13.1. The van der Waals surface area contributed by atoms with Crippen molar-refractivity contribution in [2.45, 2.75) is 38.5 Å². The third-order valence-corrected chi connectivity index (χ3v) is 4.69. The Morgan fingerprint density at radius 3 is 2.65 bits per heavy atom. The van der Waals surface area contributed by atoms with Crippen molar-refractivity contribution in [2.24, 2.45) is 11.1 Å². The van der Waals surface area contributed by atoms with Gasteiger partial charge in [-0.3, -0.25) is 4.79 Å². The molecule has 1 fully saturated rings. The Kier molecular flexibility index (Phi) is 5.16. The van der Waals surface area contributed by atoms with E-state index in [2.05, 4.69) is 21.2 Å². The van der Waals surface area contributed by atoms with E-state index in [1.165, 1.54) is 12.5 Å². The molecule has 1 aromatic carbocycles. The van der Waals surface area contributed by atoms with Crippen molar-refractivity contribution in [2.75, 3.05) is 11.9 Å². The number of hydrogen-bond acceptors (Lipinski definition) is 2. The highest BCUT2D eigenvalue weighted by atomic mass is 79.9. The number of nitrogens with one attached hydrogen (secondary N) is 1. The molecule has 0 heterocycles. The number of halogens is 2. The van der Waals surface area contributed by atoms with Gasteiger partial charge in [-0.05, 0) is 58.9 Å². The predicted molar refractivity (Wildman–Crippen MR) is 81.9 cm³/mol. The number of amides is 1. The van der Waals surface area contributed by atoms with Gasteiger partial charge in [0.2, 0.25) is 5.91 Å². The summed E-state index contributed by atoms with van der Waals surface area (Å²) < 4.78 is 13.5. The number of carbonyl (C=O) groups excluding carboxylic acids is 1. The van der Waals surface area contributed by atoms with E-state index in [1.807, 2.05) is 0 Å². The van der Waals surface area contributed by atoms with Crippen LogP contribution in [0.25, 0.3) is 0 Å². The summed E-state index contributed by atoms with van der Waals surface area (Å²) in [5, 5.41) is 2.83. The Labute approximate surface area is 127 Å². The summed E-state index contributed by atoms with van der Waals surface area (Å²) in [6.45, 7) is 0.549. The van der Waals surface area contributed by atoms with Gasteiger partial charge in [-0.1, -0.05) is 19.3 Å². The zero-order valence-electron chi connectivity index (χ0n) is 11.4. The quantitative estimate of drug-likeness (QED) is 0.873. The molecule has 0 atom stereocenters. The molecular formula is C15H20BrFN2O. The van der Waals surface area contributed by atoms with Crippen LogP contribution in [0.15, 0.2) is 22.7 Å². The molecule has 0 saturated heterocycles. The third-order valence-electron chi connectivity index (χ3n) is 4.09. The first-order valence-electron chi connectivity index (χ1n) is 7.00. The minimum Gasteiger partial charge on any atom is -0.330 e. The van der Waals surface area contributed by atoms with Crippen LogP contribution in [-0.4, -0.2) is 12.5 Å². The van der Waals surface area contributed by atoms with E-state index < -0.39 is 0 Å². The molecule has 1 saturated carbocycles. The Balaban J connectivity index is 1.98. The summed E-state index contributed by atoms with van der Waals surface area (Å²) in [6, 6.07) is 4.47. The van der Waals surface area contributed by atoms with Gasteiger partial charge in [0.15, 0.2) is 0 Å². The van der Waals surface area contributed by atoms with Gasteiger partial charge < -0.3 is 11.1 Å². The molecule has 1 aliphatic carbocycles. The standard InChI is InChI=1S/C15H20BrFN2O/c16-12-8-11(4-5-13(12)17)19-14(20)9-15(10-18)6-2-1-3-7-15/h4-5,8H,1-3,6-7,9-10,18H2,(H,19,20). The molecule has 0 aliphatic heterocycles. The van der Waals surface area contributed by atoms with E-state index in [1.54, 1.807) is 12.1 Å². The summed E-state index contributed by atoms with van der Waals surface area (Å²) in [4.78, 5) is 12.2. The number of carbonyl (C=O) groups is 1. The molecule has 3 nitrogen and oxygen atoms in total. The topological polar surface area (TPSA) is 55.1 Å². The van der Waals surface area contributed by atoms with E-state index in [-0.39, 0.29) is 17.1 Å². The van der Waals surface area contributed by atoms with Crippen molar-refractivity contribution >= 4 is 27.5 Å². The molecule has 20 heavy (non-hydrogen) atoms.